The Morgan fingerprint density at radius 1 is 1.16 bits per heavy atom. The number of rotatable bonds is 15. The predicted octanol–water partition coefficient (Wildman–Crippen LogP) is 3.55. The molecule has 0 atom stereocenters. The van der Waals surface area contributed by atoms with Crippen molar-refractivity contribution in [3.63, 3.8) is 0 Å². The van der Waals surface area contributed by atoms with E-state index in [0.29, 0.717) is 38.4 Å². The SMILES string of the molecule is CCCCCNc1nc(N)nc(C)c1Cc1ccc(OCCOCCC=O)cc1OC. The van der Waals surface area contributed by atoms with Gasteiger partial charge in [-0.3, -0.25) is 0 Å². The summed E-state index contributed by atoms with van der Waals surface area (Å²) in [4.78, 5) is 19.1. The molecule has 0 saturated heterocycles. The molecule has 0 fully saturated rings. The number of nitrogen functional groups attached to an aromatic ring is 1. The molecule has 8 nitrogen and oxygen atoms in total. The van der Waals surface area contributed by atoms with Crippen LogP contribution in [0.15, 0.2) is 18.2 Å². The van der Waals surface area contributed by atoms with E-state index in [4.69, 9.17) is 19.9 Å². The lowest BCUT2D eigenvalue weighted by atomic mass is 10.0. The van der Waals surface area contributed by atoms with Crippen LogP contribution in [0.25, 0.3) is 0 Å². The highest BCUT2D eigenvalue weighted by molar-refractivity contribution is 5.53. The van der Waals surface area contributed by atoms with Crippen molar-refractivity contribution in [2.45, 2.75) is 46.0 Å². The average Bonchev–Trinajstić information content (AvgIpc) is 2.76. The topological polar surface area (TPSA) is 109 Å². The highest BCUT2D eigenvalue weighted by Crippen LogP contribution is 2.29. The third kappa shape index (κ3) is 8.05. The molecule has 0 aliphatic heterocycles. The smallest absolute Gasteiger partial charge is 0.222 e. The van der Waals surface area contributed by atoms with Crippen LogP contribution in [-0.4, -0.2) is 49.7 Å². The number of aryl methyl sites for hydroxylation is 1. The summed E-state index contributed by atoms with van der Waals surface area (Å²) in [7, 11) is 1.64. The normalized spacial score (nSPS) is 10.7. The summed E-state index contributed by atoms with van der Waals surface area (Å²) in [5, 5.41) is 3.42. The van der Waals surface area contributed by atoms with Crippen molar-refractivity contribution in [1.29, 1.82) is 0 Å². The molecule has 2 aromatic rings. The number of benzene rings is 1. The Balaban J connectivity index is 2.08. The minimum atomic E-state index is 0.269. The fourth-order valence-corrected chi connectivity index (χ4v) is 3.16. The molecule has 31 heavy (non-hydrogen) atoms. The molecule has 0 saturated carbocycles. The second-order valence-corrected chi connectivity index (χ2v) is 7.19. The summed E-state index contributed by atoms with van der Waals surface area (Å²) >= 11 is 0. The van der Waals surface area contributed by atoms with Gasteiger partial charge in [-0.05, 0) is 25.0 Å². The molecule has 8 heteroatoms. The first-order valence-electron chi connectivity index (χ1n) is 10.8. The third-order valence-corrected chi connectivity index (χ3v) is 4.81. The number of methoxy groups -OCH3 is 1. The minimum Gasteiger partial charge on any atom is -0.496 e. The van der Waals surface area contributed by atoms with E-state index < -0.39 is 0 Å². The molecule has 0 aliphatic carbocycles. The molecule has 0 spiro atoms. The van der Waals surface area contributed by atoms with Crippen LogP contribution in [0.1, 0.15) is 49.4 Å². The van der Waals surface area contributed by atoms with Gasteiger partial charge in [0.25, 0.3) is 0 Å². The zero-order valence-corrected chi connectivity index (χ0v) is 18.8. The zero-order chi connectivity index (χ0) is 22.5. The van der Waals surface area contributed by atoms with Gasteiger partial charge in [0.05, 0.1) is 20.3 Å². The molecule has 2 rings (SSSR count). The van der Waals surface area contributed by atoms with Gasteiger partial charge >= 0.3 is 0 Å². The van der Waals surface area contributed by atoms with E-state index in [9.17, 15) is 4.79 Å². The van der Waals surface area contributed by atoms with E-state index in [1.54, 1.807) is 7.11 Å². The van der Waals surface area contributed by atoms with Gasteiger partial charge in [-0.25, -0.2) is 4.98 Å². The van der Waals surface area contributed by atoms with Crippen LogP contribution in [-0.2, 0) is 16.0 Å². The van der Waals surface area contributed by atoms with Crippen LogP contribution in [0.5, 0.6) is 11.5 Å². The summed E-state index contributed by atoms with van der Waals surface area (Å²) in [6, 6.07) is 5.76. The van der Waals surface area contributed by atoms with Crippen LogP contribution in [0, 0.1) is 6.92 Å². The number of ether oxygens (including phenoxy) is 3. The van der Waals surface area contributed by atoms with Gasteiger partial charge in [0.15, 0.2) is 0 Å². The van der Waals surface area contributed by atoms with Crippen molar-refractivity contribution in [3.05, 3.63) is 35.0 Å². The van der Waals surface area contributed by atoms with Crippen molar-refractivity contribution in [3.8, 4) is 11.5 Å². The second-order valence-electron chi connectivity index (χ2n) is 7.19. The fraction of sp³-hybridized carbons (Fsp3) is 0.522. The molecule has 0 bridgehead atoms. The standard InChI is InChI=1S/C23H34N4O4/c1-4-5-6-10-25-22-20(17(2)26-23(24)27-22)15-18-8-9-19(16-21(18)29-3)31-14-13-30-12-7-11-28/h8-9,11,16H,4-7,10,12-15H2,1-3H3,(H3,24,25,26,27). The quantitative estimate of drug-likeness (QED) is 0.326. The molecule has 0 amide bonds. The van der Waals surface area contributed by atoms with E-state index in [1.807, 2.05) is 25.1 Å². The number of nitrogens with two attached hydrogens (primary N) is 1. The van der Waals surface area contributed by atoms with Crippen LogP contribution < -0.4 is 20.5 Å². The minimum absolute atomic E-state index is 0.269. The molecule has 0 radical (unpaired) electrons. The van der Waals surface area contributed by atoms with Crippen LogP contribution >= 0.6 is 0 Å². The van der Waals surface area contributed by atoms with Gasteiger partial charge in [-0.15, -0.1) is 0 Å². The van der Waals surface area contributed by atoms with E-state index in [0.717, 1.165) is 54.1 Å². The highest BCUT2D eigenvalue weighted by atomic mass is 16.5. The maximum atomic E-state index is 10.3. The number of hydrogen-bond donors (Lipinski definition) is 2. The number of nitrogens with zero attached hydrogens (tertiary/aromatic N) is 2. The number of aldehydes is 1. The maximum absolute atomic E-state index is 10.3. The summed E-state index contributed by atoms with van der Waals surface area (Å²) in [6.07, 6.45) is 5.25. The first-order chi connectivity index (χ1) is 15.1. The first-order valence-corrected chi connectivity index (χ1v) is 10.8. The predicted molar refractivity (Wildman–Crippen MR) is 122 cm³/mol. The average molecular weight is 431 g/mol. The molecular formula is C23H34N4O4. The van der Waals surface area contributed by atoms with E-state index in [1.165, 1.54) is 6.42 Å². The lowest BCUT2D eigenvalue weighted by Crippen LogP contribution is -2.12. The number of hydrogen-bond acceptors (Lipinski definition) is 8. The highest BCUT2D eigenvalue weighted by Gasteiger charge is 2.14. The number of aromatic nitrogens is 2. The number of anilines is 2. The Labute approximate surface area is 184 Å². The van der Waals surface area contributed by atoms with Gasteiger partial charge in [-0.2, -0.15) is 4.98 Å². The number of nitrogens with one attached hydrogen (secondary N) is 1. The molecule has 0 unspecified atom stereocenters. The van der Waals surface area contributed by atoms with Crippen LogP contribution in [0.3, 0.4) is 0 Å². The number of unbranched alkanes of at least 4 members (excludes halogenated alkanes) is 2. The molecule has 170 valence electrons. The molecule has 1 heterocycles. The zero-order valence-electron chi connectivity index (χ0n) is 18.8. The molecule has 3 N–H and O–H groups in total. The maximum Gasteiger partial charge on any atom is 0.222 e. The van der Waals surface area contributed by atoms with Gasteiger partial charge in [0.2, 0.25) is 5.95 Å². The third-order valence-electron chi connectivity index (χ3n) is 4.81. The van der Waals surface area contributed by atoms with Crippen LogP contribution in [0.4, 0.5) is 11.8 Å². The summed E-state index contributed by atoms with van der Waals surface area (Å²) in [5.74, 6) is 2.47. The Morgan fingerprint density at radius 3 is 2.74 bits per heavy atom. The largest absolute Gasteiger partial charge is 0.496 e. The van der Waals surface area contributed by atoms with Crippen molar-refractivity contribution in [1.82, 2.24) is 9.97 Å². The van der Waals surface area contributed by atoms with Crippen LogP contribution in [0.2, 0.25) is 0 Å². The molecule has 1 aromatic carbocycles. The van der Waals surface area contributed by atoms with Crippen molar-refractivity contribution < 1.29 is 19.0 Å². The Hall–Kier alpha value is -2.87. The molecular weight excluding hydrogens is 396 g/mol. The van der Waals surface area contributed by atoms with Gasteiger partial charge in [0, 0.05) is 36.7 Å². The Morgan fingerprint density at radius 2 is 2.00 bits per heavy atom. The molecule has 0 aliphatic rings. The Bertz CT molecular complexity index is 829. The van der Waals surface area contributed by atoms with Gasteiger partial charge in [0.1, 0.15) is 30.2 Å². The number of carbonyl (C=O) groups excluding carboxylic acids is 1. The van der Waals surface area contributed by atoms with E-state index in [2.05, 4.69) is 22.2 Å². The first kappa shape index (κ1) is 24.4. The van der Waals surface area contributed by atoms with Crippen molar-refractivity contribution in [2.75, 3.05) is 44.5 Å². The van der Waals surface area contributed by atoms with Crippen molar-refractivity contribution in [2.24, 2.45) is 0 Å². The monoisotopic (exact) mass is 430 g/mol. The lowest BCUT2D eigenvalue weighted by Gasteiger charge is -2.16. The van der Waals surface area contributed by atoms with E-state index in [-0.39, 0.29) is 5.95 Å². The summed E-state index contributed by atoms with van der Waals surface area (Å²) in [5.41, 5.74) is 8.74. The van der Waals surface area contributed by atoms with Gasteiger partial charge in [-0.1, -0.05) is 25.8 Å². The van der Waals surface area contributed by atoms with Gasteiger partial charge < -0.3 is 30.1 Å². The number of carbonyl (C=O) groups is 1. The summed E-state index contributed by atoms with van der Waals surface area (Å²) in [6.45, 7) is 6.20. The lowest BCUT2D eigenvalue weighted by molar-refractivity contribution is -0.108. The fourth-order valence-electron chi connectivity index (χ4n) is 3.16. The van der Waals surface area contributed by atoms with E-state index >= 15 is 0 Å². The summed E-state index contributed by atoms with van der Waals surface area (Å²) < 4.78 is 16.6. The Kier molecular flexibility index (Phi) is 10.6. The second kappa shape index (κ2) is 13.4. The van der Waals surface area contributed by atoms with Crippen molar-refractivity contribution >= 4 is 18.1 Å². The molecule has 1 aromatic heterocycles.